The van der Waals surface area contributed by atoms with Gasteiger partial charge in [0.15, 0.2) is 0 Å². The molecule has 4 saturated heterocycles. The Hall–Kier alpha value is -2.40. The molecule has 4 fully saturated rings. The van der Waals surface area contributed by atoms with Crippen molar-refractivity contribution in [1.29, 1.82) is 0 Å². The van der Waals surface area contributed by atoms with Crippen LogP contribution in [-0.2, 0) is 0 Å². The van der Waals surface area contributed by atoms with Crippen molar-refractivity contribution >= 4 is 5.91 Å². The lowest BCUT2D eigenvalue weighted by atomic mass is 9.75. The Kier molecular flexibility index (Phi) is 4.16. The second kappa shape index (κ2) is 6.59. The average Bonchev–Trinajstić information content (AvgIpc) is 3.14. The molecule has 0 radical (unpaired) electrons. The quantitative estimate of drug-likeness (QED) is 0.867. The number of hydrogen-bond acceptors (Lipinski definition) is 3. The highest BCUT2D eigenvalue weighted by atomic mass is 19.1. The highest BCUT2D eigenvalue weighted by molar-refractivity contribution is 5.96. The summed E-state index contributed by atoms with van der Waals surface area (Å²) in [6.45, 7) is 4.60. The number of carbonyl (C=O) groups excluding carboxylic acids is 1. The second-order valence-electron chi connectivity index (χ2n) is 8.42. The minimum absolute atomic E-state index is 0.00163. The molecule has 2 bridgehead atoms. The van der Waals surface area contributed by atoms with Crippen LogP contribution in [0.2, 0.25) is 0 Å². The van der Waals surface area contributed by atoms with Gasteiger partial charge >= 0.3 is 0 Å². The summed E-state index contributed by atoms with van der Waals surface area (Å²) < 4.78 is 13.5. The van der Waals surface area contributed by atoms with Crippen molar-refractivity contribution in [2.45, 2.75) is 37.8 Å². The maximum Gasteiger partial charge on any atom is 0.254 e. The van der Waals surface area contributed by atoms with Gasteiger partial charge in [-0.3, -0.25) is 9.69 Å². The van der Waals surface area contributed by atoms with Gasteiger partial charge in [0.2, 0.25) is 0 Å². The van der Waals surface area contributed by atoms with Gasteiger partial charge in [-0.15, -0.1) is 0 Å². The molecule has 0 unspecified atom stereocenters. The van der Waals surface area contributed by atoms with Gasteiger partial charge in [-0.2, -0.15) is 0 Å². The van der Waals surface area contributed by atoms with Crippen LogP contribution in [0.4, 0.5) is 4.39 Å². The number of hydrogen-bond donors (Lipinski definition) is 1. The van der Waals surface area contributed by atoms with Gasteiger partial charge in [0.25, 0.3) is 5.91 Å². The summed E-state index contributed by atoms with van der Waals surface area (Å²) in [5, 5.41) is 10.1. The van der Waals surface area contributed by atoms with E-state index in [0.717, 1.165) is 31.5 Å². The summed E-state index contributed by atoms with van der Waals surface area (Å²) in [5.41, 5.74) is 2.32. The van der Waals surface area contributed by atoms with E-state index in [2.05, 4.69) is 4.90 Å². The molecule has 4 heterocycles. The summed E-state index contributed by atoms with van der Waals surface area (Å²) in [7, 11) is 0. The molecule has 0 aromatic heterocycles. The Labute approximate surface area is 164 Å². The molecule has 0 aliphatic carbocycles. The number of nitrogens with zero attached hydrogens (tertiary/aromatic N) is 2. The summed E-state index contributed by atoms with van der Waals surface area (Å²) in [6, 6.07) is 12.4. The molecule has 28 heavy (non-hydrogen) atoms. The summed E-state index contributed by atoms with van der Waals surface area (Å²) in [4.78, 5) is 18.1. The van der Waals surface area contributed by atoms with Crippen LogP contribution >= 0.6 is 0 Å². The van der Waals surface area contributed by atoms with Crippen LogP contribution in [0.5, 0.6) is 5.75 Å². The highest BCUT2D eigenvalue weighted by Crippen LogP contribution is 2.47. The predicted molar refractivity (Wildman–Crippen MR) is 105 cm³/mol. The van der Waals surface area contributed by atoms with Crippen LogP contribution in [0.25, 0.3) is 0 Å². The van der Waals surface area contributed by atoms with Gasteiger partial charge in [0.1, 0.15) is 11.6 Å². The summed E-state index contributed by atoms with van der Waals surface area (Å²) in [5.74, 6) is 0.636. The number of aromatic hydroxyl groups is 1. The zero-order chi connectivity index (χ0) is 19.4. The Morgan fingerprint density at radius 2 is 1.79 bits per heavy atom. The molecule has 5 heteroatoms. The number of benzene rings is 2. The third kappa shape index (κ3) is 2.64. The number of carbonyl (C=O) groups is 1. The summed E-state index contributed by atoms with van der Waals surface area (Å²) in [6.07, 6.45) is 2.25. The third-order valence-electron chi connectivity index (χ3n) is 7.09. The van der Waals surface area contributed by atoms with Crippen molar-refractivity contribution in [3.63, 3.8) is 0 Å². The van der Waals surface area contributed by atoms with E-state index < -0.39 is 0 Å². The molecule has 2 aromatic rings. The summed E-state index contributed by atoms with van der Waals surface area (Å²) >= 11 is 0. The maximum absolute atomic E-state index is 13.5. The standard InChI is InChI=1S/C23H25FN2O2/c1-14-18(3-2-4-20(14)27)23(28)26-13-19(15-5-7-17(24)8-6-15)22-21(26)16-9-11-25(22)12-10-16/h2-8,16,19,21-22,27H,9-13H2,1H3/t19-,21+,22+/m1/s1. The first-order valence-electron chi connectivity index (χ1n) is 10.1. The topological polar surface area (TPSA) is 43.8 Å². The van der Waals surface area contributed by atoms with Gasteiger partial charge in [0.05, 0.1) is 6.04 Å². The van der Waals surface area contributed by atoms with E-state index in [-0.39, 0.29) is 29.4 Å². The molecule has 6 rings (SSSR count). The van der Waals surface area contributed by atoms with E-state index in [0.29, 0.717) is 29.6 Å². The minimum atomic E-state index is -0.230. The SMILES string of the molecule is Cc1c(O)cccc1C(=O)N1C[C@H](c2ccc(F)cc2)[C@H]2[C@@H]1C1CCN2CC1. The van der Waals surface area contributed by atoms with Crippen LogP contribution in [0.1, 0.15) is 40.2 Å². The molecule has 3 atom stereocenters. The molecule has 0 spiro atoms. The molecular weight excluding hydrogens is 355 g/mol. The first-order chi connectivity index (χ1) is 13.5. The number of piperidine rings is 3. The molecule has 4 aliphatic heterocycles. The zero-order valence-corrected chi connectivity index (χ0v) is 16.0. The molecule has 1 amide bonds. The lowest BCUT2D eigenvalue weighted by Gasteiger charge is -2.51. The van der Waals surface area contributed by atoms with Gasteiger partial charge in [0, 0.05) is 29.6 Å². The maximum atomic E-state index is 13.5. The molecule has 4 nitrogen and oxygen atoms in total. The van der Waals surface area contributed by atoms with E-state index in [1.165, 1.54) is 12.1 Å². The molecule has 0 saturated carbocycles. The van der Waals surface area contributed by atoms with E-state index in [1.54, 1.807) is 25.1 Å². The number of phenolic OH excluding ortho intramolecular Hbond substituents is 1. The number of rotatable bonds is 2. The Bertz CT molecular complexity index is 905. The van der Waals surface area contributed by atoms with Crippen molar-refractivity contribution < 1.29 is 14.3 Å². The van der Waals surface area contributed by atoms with Crippen molar-refractivity contribution in [2.24, 2.45) is 5.92 Å². The smallest absolute Gasteiger partial charge is 0.254 e. The Balaban J connectivity index is 1.54. The van der Waals surface area contributed by atoms with Gasteiger partial charge in [-0.1, -0.05) is 18.2 Å². The Morgan fingerprint density at radius 1 is 1.07 bits per heavy atom. The van der Waals surface area contributed by atoms with E-state index in [9.17, 15) is 14.3 Å². The van der Waals surface area contributed by atoms with Crippen LogP contribution in [0.15, 0.2) is 42.5 Å². The minimum Gasteiger partial charge on any atom is -0.508 e. The number of fused-ring (bicyclic) bond motifs is 2. The number of halogens is 1. The zero-order valence-electron chi connectivity index (χ0n) is 16.0. The van der Waals surface area contributed by atoms with Crippen LogP contribution in [-0.4, -0.2) is 52.5 Å². The highest BCUT2D eigenvalue weighted by Gasteiger charge is 2.54. The average molecular weight is 380 g/mol. The second-order valence-corrected chi connectivity index (χ2v) is 8.42. The molecular formula is C23H25FN2O2. The van der Waals surface area contributed by atoms with Gasteiger partial charge < -0.3 is 10.0 Å². The largest absolute Gasteiger partial charge is 0.508 e. The van der Waals surface area contributed by atoms with Crippen LogP contribution < -0.4 is 0 Å². The normalized spacial score (nSPS) is 31.1. The van der Waals surface area contributed by atoms with Crippen molar-refractivity contribution in [1.82, 2.24) is 9.80 Å². The van der Waals surface area contributed by atoms with E-state index in [4.69, 9.17) is 0 Å². The molecule has 1 N–H and O–H groups in total. The van der Waals surface area contributed by atoms with Crippen LogP contribution in [0, 0.1) is 18.7 Å². The number of amides is 1. The van der Waals surface area contributed by atoms with E-state index >= 15 is 0 Å². The lowest BCUT2D eigenvalue weighted by molar-refractivity contribution is -0.00344. The van der Waals surface area contributed by atoms with Crippen LogP contribution in [0.3, 0.4) is 0 Å². The van der Waals surface area contributed by atoms with Gasteiger partial charge in [-0.05, 0) is 68.6 Å². The monoisotopic (exact) mass is 380 g/mol. The lowest BCUT2D eigenvalue weighted by Crippen LogP contribution is -2.60. The van der Waals surface area contributed by atoms with Crippen molar-refractivity contribution in [2.75, 3.05) is 19.6 Å². The first kappa shape index (κ1) is 17.7. The fourth-order valence-electron chi connectivity index (χ4n) is 5.67. The molecule has 2 aromatic carbocycles. The third-order valence-corrected chi connectivity index (χ3v) is 7.09. The molecule has 4 aliphatic rings. The Morgan fingerprint density at radius 3 is 2.50 bits per heavy atom. The molecule has 146 valence electrons. The van der Waals surface area contributed by atoms with Crippen molar-refractivity contribution in [3.05, 3.63) is 65.0 Å². The fourth-order valence-corrected chi connectivity index (χ4v) is 5.67. The first-order valence-corrected chi connectivity index (χ1v) is 10.1. The van der Waals surface area contributed by atoms with Gasteiger partial charge in [-0.25, -0.2) is 4.39 Å². The number of phenols is 1. The number of likely N-dealkylation sites (tertiary alicyclic amines) is 1. The van der Waals surface area contributed by atoms with Crippen molar-refractivity contribution in [3.8, 4) is 5.75 Å². The predicted octanol–water partition coefficient (Wildman–Crippen LogP) is 3.54. The fraction of sp³-hybridized carbons (Fsp3) is 0.435. The van der Waals surface area contributed by atoms with E-state index in [1.807, 2.05) is 17.0 Å².